The van der Waals surface area contributed by atoms with E-state index in [1.165, 1.54) is 6.07 Å². The number of aliphatic hydroxyl groups excluding tert-OH is 1. The molecule has 4 rings (SSSR count). The molecule has 0 saturated carbocycles. The van der Waals surface area contributed by atoms with E-state index in [9.17, 15) is 19.1 Å². The van der Waals surface area contributed by atoms with Gasteiger partial charge in [-0.25, -0.2) is 14.2 Å². The molecule has 7 nitrogen and oxygen atoms in total. The maximum atomic E-state index is 14.1. The predicted octanol–water partition coefficient (Wildman–Crippen LogP) is 7.11. The minimum atomic E-state index is -0.781. The highest BCUT2D eigenvalue weighted by Gasteiger charge is 2.34. The van der Waals surface area contributed by atoms with Crippen molar-refractivity contribution in [3.8, 4) is 11.5 Å². The van der Waals surface area contributed by atoms with Crippen molar-refractivity contribution in [2.24, 2.45) is 4.99 Å². The Labute approximate surface area is 248 Å². The average molecular weight is 674 g/mol. The van der Waals surface area contributed by atoms with Crippen molar-refractivity contribution in [3.63, 3.8) is 0 Å². The number of thioether (sulfide) groups is 1. The molecule has 0 atom stereocenters. The summed E-state index contributed by atoms with van der Waals surface area (Å²) in [5.74, 6) is -1.15. The second-order valence-electron chi connectivity index (χ2n) is 8.29. The molecule has 0 spiro atoms. The summed E-state index contributed by atoms with van der Waals surface area (Å²) in [6.45, 7) is 3.94. The number of halogens is 2. The lowest BCUT2D eigenvalue weighted by molar-refractivity contribution is -0.138. The molecule has 0 aliphatic carbocycles. The Balaban J connectivity index is 1.68. The molecule has 40 heavy (non-hydrogen) atoms. The second kappa shape index (κ2) is 13.6. The van der Waals surface area contributed by atoms with Gasteiger partial charge in [0.25, 0.3) is 5.91 Å². The first kappa shape index (κ1) is 29.3. The van der Waals surface area contributed by atoms with Gasteiger partial charge in [-0.3, -0.25) is 4.79 Å². The van der Waals surface area contributed by atoms with E-state index >= 15 is 0 Å². The molecule has 206 valence electrons. The fraction of sp³-hybridized carbons (Fsp3) is 0.167. The quantitative estimate of drug-likeness (QED) is 0.191. The van der Waals surface area contributed by atoms with Gasteiger partial charge in [0.2, 0.25) is 0 Å². The van der Waals surface area contributed by atoms with E-state index in [0.717, 1.165) is 11.8 Å². The third-order valence-electron chi connectivity index (χ3n) is 5.55. The molecule has 1 N–H and O–H groups in total. The van der Waals surface area contributed by atoms with Crippen LogP contribution in [0.2, 0.25) is 0 Å². The van der Waals surface area contributed by atoms with E-state index < -0.39 is 11.9 Å². The van der Waals surface area contributed by atoms with Crippen molar-refractivity contribution < 1.29 is 33.3 Å². The number of aliphatic imine (C=N–C) groups is 1. The van der Waals surface area contributed by atoms with E-state index in [1.54, 1.807) is 73.7 Å². The van der Waals surface area contributed by atoms with Gasteiger partial charge in [-0.15, -0.1) is 0 Å². The van der Waals surface area contributed by atoms with Crippen molar-refractivity contribution in [1.29, 1.82) is 0 Å². The second-order valence-corrected chi connectivity index (χ2v) is 10.5. The predicted molar refractivity (Wildman–Crippen MR) is 161 cm³/mol. The van der Waals surface area contributed by atoms with Crippen LogP contribution in [0, 0.1) is 9.39 Å². The number of amides is 1. The highest BCUT2D eigenvalue weighted by atomic mass is 127. The minimum Gasteiger partial charge on any atom is -0.506 e. The Bertz CT molecular complexity index is 1520. The fourth-order valence-corrected chi connectivity index (χ4v) is 5.51. The normalized spacial score (nSPS) is 15.0. The zero-order valence-electron chi connectivity index (χ0n) is 21.6. The van der Waals surface area contributed by atoms with Gasteiger partial charge in [0.15, 0.2) is 11.5 Å². The van der Waals surface area contributed by atoms with Gasteiger partial charge in [0, 0.05) is 11.1 Å². The minimum absolute atomic E-state index is 0.0146. The van der Waals surface area contributed by atoms with Crippen LogP contribution in [0.5, 0.6) is 11.5 Å². The van der Waals surface area contributed by atoms with E-state index in [2.05, 4.69) is 27.6 Å². The first-order valence-corrected chi connectivity index (χ1v) is 14.2. The number of carbonyl (C=O) groups is 2. The molecule has 0 bridgehead atoms. The molecule has 1 heterocycles. The summed E-state index contributed by atoms with van der Waals surface area (Å²) >= 11 is 3.08. The zero-order valence-corrected chi connectivity index (χ0v) is 24.6. The summed E-state index contributed by atoms with van der Waals surface area (Å²) in [6.07, 6.45) is 1.65. The Morgan fingerprint density at radius 1 is 1.02 bits per heavy atom. The van der Waals surface area contributed by atoms with Crippen LogP contribution in [-0.4, -0.2) is 35.2 Å². The van der Waals surface area contributed by atoms with Gasteiger partial charge in [-0.05, 0) is 78.4 Å². The highest BCUT2D eigenvalue weighted by molar-refractivity contribution is 14.1. The monoisotopic (exact) mass is 673 g/mol. The third-order valence-corrected chi connectivity index (χ3v) is 7.37. The Morgan fingerprint density at radius 2 is 1.75 bits per heavy atom. The number of hydrogen-bond donors (Lipinski definition) is 1. The SMILES string of the molecule is CCOC(=O)C1=C(O)/C(=C/c2cc(I)c(OCc3ccccc3F)c(OCC)c2)SC1=NC(=O)c1ccccc1. The van der Waals surface area contributed by atoms with Gasteiger partial charge in [0.1, 0.15) is 28.8 Å². The van der Waals surface area contributed by atoms with E-state index in [0.29, 0.717) is 43.3 Å². The van der Waals surface area contributed by atoms with Crippen molar-refractivity contribution in [2.75, 3.05) is 13.2 Å². The van der Waals surface area contributed by atoms with Gasteiger partial charge in [-0.2, -0.15) is 0 Å². The number of benzene rings is 3. The first-order chi connectivity index (χ1) is 19.3. The fourth-order valence-electron chi connectivity index (χ4n) is 3.72. The third kappa shape index (κ3) is 6.92. The molecule has 3 aromatic carbocycles. The summed E-state index contributed by atoms with van der Waals surface area (Å²) in [4.78, 5) is 29.9. The topological polar surface area (TPSA) is 94.4 Å². The molecule has 3 aromatic rings. The standard InChI is InChI=1S/C30H25FINO6S/c1-3-37-23-15-18(14-22(32)27(23)39-17-20-12-8-9-13-21(20)31)16-24-26(34)25(30(36)38-4-2)29(40-24)33-28(35)19-10-6-5-7-11-19/h5-16,34H,3-4,17H2,1-2H3/b24-16-,33-29?. The first-order valence-electron chi connectivity index (χ1n) is 12.3. The lowest BCUT2D eigenvalue weighted by Crippen LogP contribution is -2.14. The summed E-state index contributed by atoms with van der Waals surface area (Å²) in [5, 5.41) is 11.0. The Kier molecular flexibility index (Phi) is 9.99. The van der Waals surface area contributed by atoms with Crippen molar-refractivity contribution >= 4 is 57.3 Å². The van der Waals surface area contributed by atoms with Crippen molar-refractivity contribution in [3.05, 3.63) is 109 Å². The Hall–Kier alpha value is -3.64. The number of nitrogens with zero attached hydrogens (tertiary/aromatic N) is 1. The Morgan fingerprint density at radius 3 is 2.45 bits per heavy atom. The van der Waals surface area contributed by atoms with E-state index in [1.807, 2.05) is 6.92 Å². The molecule has 0 saturated heterocycles. The summed E-state index contributed by atoms with van der Waals surface area (Å²) < 4.78 is 31.6. The van der Waals surface area contributed by atoms with Crippen LogP contribution in [0.25, 0.3) is 6.08 Å². The largest absolute Gasteiger partial charge is 0.506 e. The van der Waals surface area contributed by atoms with Gasteiger partial charge in [-0.1, -0.05) is 48.2 Å². The van der Waals surface area contributed by atoms with E-state index in [4.69, 9.17) is 14.2 Å². The number of esters is 1. The molecule has 0 radical (unpaired) electrons. The van der Waals surface area contributed by atoms with Crippen LogP contribution in [0.3, 0.4) is 0 Å². The molecule has 1 amide bonds. The molecule has 0 unspecified atom stereocenters. The molecule has 0 fully saturated rings. The maximum absolute atomic E-state index is 14.1. The average Bonchev–Trinajstić information content (AvgIpc) is 3.23. The molecule has 10 heteroatoms. The molecule has 1 aliphatic rings. The summed E-state index contributed by atoms with van der Waals surface area (Å²) in [6, 6.07) is 18.3. The molecule has 1 aliphatic heterocycles. The molecular formula is C30H25FINO6S. The van der Waals surface area contributed by atoms with Gasteiger partial charge < -0.3 is 19.3 Å². The highest BCUT2D eigenvalue weighted by Crippen LogP contribution is 2.41. The number of aliphatic hydroxyl groups is 1. The number of hydrogen-bond acceptors (Lipinski definition) is 7. The maximum Gasteiger partial charge on any atom is 0.344 e. The van der Waals surface area contributed by atoms with Crippen LogP contribution in [0.4, 0.5) is 4.39 Å². The number of rotatable bonds is 9. The lowest BCUT2D eigenvalue weighted by atomic mass is 10.1. The van der Waals surface area contributed by atoms with Crippen molar-refractivity contribution in [2.45, 2.75) is 20.5 Å². The zero-order chi connectivity index (χ0) is 28.6. The van der Waals surface area contributed by atoms with Crippen LogP contribution in [0.1, 0.15) is 35.3 Å². The smallest absolute Gasteiger partial charge is 0.344 e. The molecule has 0 aromatic heterocycles. The van der Waals surface area contributed by atoms with Crippen LogP contribution >= 0.6 is 34.4 Å². The number of carbonyl (C=O) groups excluding carboxylic acids is 2. The van der Waals surface area contributed by atoms with Crippen LogP contribution < -0.4 is 9.47 Å². The molecular weight excluding hydrogens is 648 g/mol. The van der Waals surface area contributed by atoms with Gasteiger partial charge >= 0.3 is 5.97 Å². The lowest BCUT2D eigenvalue weighted by Gasteiger charge is -2.15. The van der Waals surface area contributed by atoms with Crippen LogP contribution in [0.15, 0.2) is 88.0 Å². The van der Waals surface area contributed by atoms with Crippen molar-refractivity contribution in [1.82, 2.24) is 0 Å². The summed E-state index contributed by atoms with van der Waals surface area (Å²) in [5.41, 5.74) is 1.22. The van der Waals surface area contributed by atoms with E-state index in [-0.39, 0.29) is 35.4 Å². The van der Waals surface area contributed by atoms with Crippen LogP contribution in [-0.2, 0) is 16.1 Å². The number of ether oxygens (including phenoxy) is 3. The van der Waals surface area contributed by atoms with Gasteiger partial charge in [0.05, 0.1) is 21.7 Å². The summed E-state index contributed by atoms with van der Waals surface area (Å²) in [7, 11) is 0.